The number of carbonyl (C=O) groups is 1. The van der Waals surface area contributed by atoms with Crippen LogP contribution in [0.25, 0.3) is 22.2 Å². The molecule has 29 heavy (non-hydrogen) atoms. The van der Waals surface area contributed by atoms with E-state index in [-0.39, 0.29) is 6.03 Å². The number of aromatic amines is 1. The number of ether oxygens (including phenoxy) is 2. The molecule has 146 valence electrons. The van der Waals surface area contributed by atoms with Gasteiger partial charge in [-0.05, 0) is 6.07 Å². The molecule has 2 amide bonds. The molecule has 3 aromatic carbocycles. The van der Waals surface area contributed by atoms with E-state index in [4.69, 9.17) is 9.47 Å². The first-order valence-electron chi connectivity index (χ1n) is 9.15. The maximum atomic E-state index is 12.8. The zero-order valence-electron chi connectivity index (χ0n) is 16.2. The van der Waals surface area contributed by atoms with Crippen molar-refractivity contribution in [1.82, 2.24) is 4.98 Å². The minimum atomic E-state index is -0.359. The standard InChI is InChI=1S/C23H21N3O3/c1-28-17-12-16(13-18(14-17)29-2)24-23(27)26-22-19-10-6-7-11-20(19)25-21(22)15-8-4-3-5-9-15/h3-14,25H,1-2H3,(H2,24,26,27). The van der Waals surface area contributed by atoms with Gasteiger partial charge in [-0.1, -0.05) is 48.5 Å². The zero-order valence-corrected chi connectivity index (χ0v) is 16.2. The Bertz CT molecular complexity index is 1130. The molecule has 1 aromatic heterocycles. The van der Waals surface area contributed by atoms with Gasteiger partial charge in [-0.25, -0.2) is 4.79 Å². The van der Waals surface area contributed by atoms with Gasteiger partial charge in [0.1, 0.15) is 11.5 Å². The highest BCUT2D eigenvalue weighted by Gasteiger charge is 2.16. The first kappa shape index (κ1) is 18.4. The monoisotopic (exact) mass is 387 g/mol. The molecule has 4 aromatic rings. The van der Waals surface area contributed by atoms with Crippen LogP contribution >= 0.6 is 0 Å². The average molecular weight is 387 g/mol. The van der Waals surface area contributed by atoms with Crippen molar-refractivity contribution in [3.8, 4) is 22.8 Å². The summed E-state index contributed by atoms with van der Waals surface area (Å²) >= 11 is 0. The van der Waals surface area contributed by atoms with Crippen LogP contribution in [-0.4, -0.2) is 25.2 Å². The molecule has 0 radical (unpaired) electrons. The van der Waals surface area contributed by atoms with Crippen molar-refractivity contribution >= 4 is 28.3 Å². The van der Waals surface area contributed by atoms with Crippen molar-refractivity contribution < 1.29 is 14.3 Å². The molecule has 0 aliphatic heterocycles. The molecule has 0 atom stereocenters. The Labute approximate surface area is 168 Å². The van der Waals surface area contributed by atoms with Gasteiger partial charge in [0.15, 0.2) is 0 Å². The fourth-order valence-corrected chi connectivity index (χ4v) is 3.25. The van der Waals surface area contributed by atoms with E-state index in [1.165, 1.54) is 0 Å². The Morgan fingerprint density at radius 1 is 0.828 bits per heavy atom. The first-order chi connectivity index (χ1) is 14.2. The number of methoxy groups -OCH3 is 2. The number of urea groups is 1. The van der Waals surface area contributed by atoms with Crippen LogP contribution in [0.2, 0.25) is 0 Å². The van der Waals surface area contributed by atoms with E-state index in [1.54, 1.807) is 32.4 Å². The van der Waals surface area contributed by atoms with Crippen LogP contribution in [0.15, 0.2) is 72.8 Å². The molecule has 0 saturated carbocycles. The van der Waals surface area contributed by atoms with E-state index in [1.807, 2.05) is 54.6 Å². The molecule has 1 heterocycles. The Balaban J connectivity index is 1.66. The van der Waals surface area contributed by atoms with Crippen molar-refractivity contribution in [3.63, 3.8) is 0 Å². The topological polar surface area (TPSA) is 75.4 Å². The third kappa shape index (κ3) is 3.87. The number of nitrogens with one attached hydrogen (secondary N) is 3. The predicted molar refractivity (Wildman–Crippen MR) is 116 cm³/mol. The van der Waals surface area contributed by atoms with Gasteiger partial charge in [-0.2, -0.15) is 0 Å². The molecular weight excluding hydrogens is 366 g/mol. The van der Waals surface area contributed by atoms with Crippen LogP contribution in [0, 0.1) is 0 Å². The summed E-state index contributed by atoms with van der Waals surface area (Å²) in [5, 5.41) is 6.78. The lowest BCUT2D eigenvalue weighted by molar-refractivity contribution is 0.262. The average Bonchev–Trinajstić information content (AvgIpc) is 3.12. The van der Waals surface area contributed by atoms with Crippen molar-refractivity contribution in [2.45, 2.75) is 0 Å². The van der Waals surface area contributed by atoms with Crippen molar-refractivity contribution in [1.29, 1.82) is 0 Å². The highest BCUT2D eigenvalue weighted by Crippen LogP contribution is 2.35. The summed E-state index contributed by atoms with van der Waals surface area (Å²) < 4.78 is 10.5. The van der Waals surface area contributed by atoms with Gasteiger partial charge in [0.05, 0.1) is 25.6 Å². The van der Waals surface area contributed by atoms with E-state index in [0.717, 1.165) is 27.8 Å². The number of amides is 2. The SMILES string of the molecule is COc1cc(NC(=O)Nc2c(-c3ccccc3)[nH]c3ccccc23)cc(OC)c1. The molecule has 0 fully saturated rings. The van der Waals surface area contributed by atoms with Gasteiger partial charge in [-0.15, -0.1) is 0 Å². The third-order valence-electron chi connectivity index (χ3n) is 4.62. The molecule has 0 aliphatic rings. The summed E-state index contributed by atoms with van der Waals surface area (Å²) in [6.07, 6.45) is 0. The van der Waals surface area contributed by atoms with Crippen LogP contribution in [-0.2, 0) is 0 Å². The summed E-state index contributed by atoms with van der Waals surface area (Å²) in [5.41, 5.74) is 4.08. The van der Waals surface area contributed by atoms with Gasteiger partial charge in [0, 0.05) is 40.4 Å². The number of carbonyl (C=O) groups excluding carboxylic acids is 1. The molecule has 0 bridgehead atoms. The number of anilines is 2. The predicted octanol–water partition coefficient (Wildman–Crippen LogP) is 5.50. The van der Waals surface area contributed by atoms with Crippen molar-refractivity contribution in [2.24, 2.45) is 0 Å². The Morgan fingerprint density at radius 2 is 1.48 bits per heavy atom. The number of fused-ring (bicyclic) bond motifs is 1. The largest absolute Gasteiger partial charge is 0.497 e. The van der Waals surface area contributed by atoms with E-state index in [2.05, 4.69) is 15.6 Å². The second-order valence-corrected chi connectivity index (χ2v) is 6.47. The maximum Gasteiger partial charge on any atom is 0.323 e. The fraction of sp³-hybridized carbons (Fsp3) is 0.0870. The zero-order chi connectivity index (χ0) is 20.2. The quantitative estimate of drug-likeness (QED) is 0.423. The number of hydrogen-bond acceptors (Lipinski definition) is 3. The summed E-state index contributed by atoms with van der Waals surface area (Å²) in [7, 11) is 3.13. The Morgan fingerprint density at radius 3 is 2.17 bits per heavy atom. The molecule has 0 unspecified atom stereocenters. The lowest BCUT2D eigenvalue weighted by atomic mass is 10.1. The minimum Gasteiger partial charge on any atom is -0.497 e. The second-order valence-electron chi connectivity index (χ2n) is 6.47. The van der Waals surface area contributed by atoms with E-state index in [0.29, 0.717) is 17.2 Å². The first-order valence-corrected chi connectivity index (χ1v) is 9.15. The smallest absolute Gasteiger partial charge is 0.323 e. The summed E-state index contributed by atoms with van der Waals surface area (Å²) in [6, 6.07) is 22.6. The lowest BCUT2D eigenvalue weighted by Gasteiger charge is -2.12. The van der Waals surface area contributed by atoms with Crippen LogP contribution in [0.4, 0.5) is 16.2 Å². The second kappa shape index (κ2) is 7.98. The summed E-state index contributed by atoms with van der Waals surface area (Å²) in [5.74, 6) is 1.19. The van der Waals surface area contributed by atoms with Crippen LogP contribution in [0.5, 0.6) is 11.5 Å². The number of benzene rings is 3. The molecule has 0 saturated heterocycles. The Kier molecular flexibility index (Phi) is 5.07. The molecule has 3 N–H and O–H groups in total. The van der Waals surface area contributed by atoms with Gasteiger partial charge in [0.25, 0.3) is 0 Å². The minimum absolute atomic E-state index is 0.359. The maximum absolute atomic E-state index is 12.8. The summed E-state index contributed by atoms with van der Waals surface area (Å²) in [6.45, 7) is 0. The Hall–Kier alpha value is -3.93. The highest BCUT2D eigenvalue weighted by atomic mass is 16.5. The van der Waals surface area contributed by atoms with Crippen molar-refractivity contribution in [2.75, 3.05) is 24.9 Å². The van der Waals surface area contributed by atoms with Gasteiger partial charge in [0.2, 0.25) is 0 Å². The van der Waals surface area contributed by atoms with Crippen LogP contribution in [0.3, 0.4) is 0 Å². The van der Waals surface area contributed by atoms with Gasteiger partial charge < -0.3 is 25.1 Å². The summed E-state index contributed by atoms with van der Waals surface area (Å²) in [4.78, 5) is 16.2. The molecule has 0 spiro atoms. The van der Waals surface area contributed by atoms with E-state index < -0.39 is 0 Å². The van der Waals surface area contributed by atoms with Gasteiger partial charge >= 0.3 is 6.03 Å². The molecule has 4 rings (SSSR count). The van der Waals surface area contributed by atoms with Crippen LogP contribution < -0.4 is 20.1 Å². The number of rotatable bonds is 5. The van der Waals surface area contributed by atoms with E-state index >= 15 is 0 Å². The van der Waals surface area contributed by atoms with E-state index in [9.17, 15) is 4.79 Å². The third-order valence-corrected chi connectivity index (χ3v) is 4.62. The molecular formula is C23H21N3O3. The van der Waals surface area contributed by atoms with Crippen molar-refractivity contribution in [3.05, 3.63) is 72.8 Å². The molecule has 6 heteroatoms. The molecule has 0 aliphatic carbocycles. The highest BCUT2D eigenvalue weighted by molar-refractivity contribution is 6.10. The molecule has 6 nitrogen and oxygen atoms in total. The van der Waals surface area contributed by atoms with Gasteiger partial charge in [-0.3, -0.25) is 0 Å². The number of hydrogen-bond donors (Lipinski definition) is 3. The number of H-pyrrole nitrogens is 1. The fourth-order valence-electron chi connectivity index (χ4n) is 3.25. The van der Waals surface area contributed by atoms with Crippen LogP contribution in [0.1, 0.15) is 0 Å². The lowest BCUT2D eigenvalue weighted by Crippen LogP contribution is -2.19. The number of para-hydroxylation sites is 1. The number of aromatic nitrogens is 1. The normalized spacial score (nSPS) is 10.6.